The minimum Gasteiger partial charge on any atom is -0.478 e. The Labute approximate surface area is 272 Å². The van der Waals surface area contributed by atoms with E-state index in [9.17, 15) is 14.7 Å². The van der Waals surface area contributed by atoms with E-state index in [1.165, 1.54) is 46.9 Å². The molecule has 2 aromatic carbocycles. The Balaban J connectivity index is 1.47. The van der Waals surface area contributed by atoms with E-state index in [1.54, 1.807) is 6.07 Å². The molecule has 0 atom stereocenters. The van der Waals surface area contributed by atoms with Crippen molar-refractivity contribution in [3.8, 4) is 11.3 Å². The van der Waals surface area contributed by atoms with Crippen LogP contribution in [0.25, 0.3) is 33.1 Å². The molecule has 0 radical (unpaired) electrons. The number of aromatic nitrogens is 2. The average Bonchev–Trinajstić information content (AvgIpc) is 3.55. The first-order valence-electron chi connectivity index (χ1n) is 17.5. The van der Waals surface area contributed by atoms with Gasteiger partial charge in [0, 0.05) is 66.2 Å². The van der Waals surface area contributed by atoms with Crippen molar-refractivity contribution in [3.05, 3.63) is 58.8 Å². The van der Waals surface area contributed by atoms with Crippen LogP contribution in [0.4, 0.5) is 0 Å². The maximum atomic E-state index is 14.7. The fourth-order valence-corrected chi connectivity index (χ4v) is 8.64. The first-order valence-corrected chi connectivity index (χ1v) is 17.5. The fraction of sp³-hybridized carbons (Fsp3) is 0.526. The summed E-state index contributed by atoms with van der Waals surface area (Å²) >= 11 is 0. The van der Waals surface area contributed by atoms with Crippen molar-refractivity contribution in [1.82, 2.24) is 23.8 Å². The summed E-state index contributed by atoms with van der Waals surface area (Å²) in [4.78, 5) is 33.5. The molecule has 1 aliphatic carbocycles. The standard InChI is InChI=1S/C38H49N5O3/c1-5-40(4)24-31-28-13-9-14-30-34(28)43(36(31)37(44)41-21-17-27(18-22-41)39(2)3)20-10-19-42-32-23-26(38(45)46)15-16-29(32)33(35(30)42)25-11-7-6-8-12-25/h9,13-16,23,25,27H,5-8,10-12,17-22,24H2,1-4H3,(H,45,46). The average molecular weight is 624 g/mol. The number of carboxylic acids is 1. The number of piperidine rings is 1. The lowest BCUT2D eigenvalue weighted by Gasteiger charge is -2.35. The van der Waals surface area contributed by atoms with Gasteiger partial charge in [-0.2, -0.15) is 0 Å². The number of hydrogen-bond donors (Lipinski definition) is 1. The molecule has 2 aromatic heterocycles. The number of nitrogens with zero attached hydrogens (tertiary/aromatic N) is 5. The van der Waals surface area contributed by atoms with Gasteiger partial charge in [-0.1, -0.05) is 50.5 Å². The molecule has 2 fully saturated rings. The Hall–Kier alpha value is -3.62. The van der Waals surface area contributed by atoms with Crippen LogP contribution in [0.5, 0.6) is 0 Å². The van der Waals surface area contributed by atoms with E-state index in [1.807, 2.05) is 6.07 Å². The largest absolute Gasteiger partial charge is 0.478 e. The molecule has 8 heteroatoms. The molecule has 0 bridgehead atoms. The molecule has 2 aliphatic heterocycles. The minimum absolute atomic E-state index is 0.165. The second kappa shape index (κ2) is 12.5. The lowest BCUT2D eigenvalue weighted by atomic mass is 9.81. The number of aryl methyl sites for hydroxylation is 2. The Kier molecular flexibility index (Phi) is 8.45. The van der Waals surface area contributed by atoms with Gasteiger partial charge in [0.25, 0.3) is 5.91 Å². The number of benzene rings is 2. The summed E-state index contributed by atoms with van der Waals surface area (Å²) in [5, 5.41) is 12.3. The van der Waals surface area contributed by atoms with Gasteiger partial charge < -0.3 is 28.9 Å². The number of carbonyl (C=O) groups excluding carboxylic acids is 1. The fourth-order valence-electron chi connectivity index (χ4n) is 8.64. The summed E-state index contributed by atoms with van der Waals surface area (Å²) in [7, 11) is 6.42. The Morgan fingerprint density at radius 3 is 2.30 bits per heavy atom. The highest BCUT2D eigenvalue weighted by Crippen LogP contribution is 2.47. The van der Waals surface area contributed by atoms with Crippen molar-refractivity contribution >= 4 is 33.7 Å². The topological polar surface area (TPSA) is 74.0 Å². The smallest absolute Gasteiger partial charge is 0.335 e. The quantitative estimate of drug-likeness (QED) is 0.239. The molecule has 3 aliphatic rings. The molecule has 4 heterocycles. The van der Waals surface area contributed by atoms with Crippen molar-refractivity contribution in [1.29, 1.82) is 0 Å². The summed E-state index contributed by atoms with van der Waals surface area (Å²) in [6, 6.07) is 12.9. The molecule has 0 unspecified atom stereocenters. The number of fused-ring (bicyclic) bond motifs is 4. The third-order valence-electron chi connectivity index (χ3n) is 11.2. The molecular formula is C38H49N5O3. The number of carboxylic acid groups (broad SMARTS) is 1. The molecule has 1 saturated heterocycles. The minimum atomic E-state index is -0.888. The molecule has 1 N–H and O–H groups in total. The van der Waals surface area contributed by atoms with Crippen molar-refractivity contribution in [2.24, 2.45) is 0 Å². The van der Waals surface area contributed by atoms with Gasteiger partial charge in [0.1, 0.15) is 5.69 Å². The van der Waals surface area contributed by atoms with Gasteiger partial charge >= 0.3 is 5.97 Å². The zero-order valence-electron chi connectivity index (χ0n) is 28.0. The van der Waals surface area contributed by atoms with Crippen molar-refractivity contribution in [2.45, 2.75) is 89.9 Å². The number of para-hydroxylation sites is 1. The Morgan fingerprint density at radius 1 is 0.870 bits per heavy atom. The molecule has 8 nitrogen and oxygen atoms in total. The second-order valence-corrected chi connectivity index (χ2v) is 14.1. The predicted molar refractivity (Wildman–Crippen MR) is 185 cm³/mol. The molecule has 244 valence electrons. The summed E-state index contributed by atoms with van der Waals surface area (Å²) in [6.45, 7) is 6.89. The SMILES string of the molecule is CCN(C)Cc1c(C(=O)N2CCC(N(C)C)CC2)n2c3c(cccc13)-c1c(C3CCCCC3)c3ccc(C(=O)O)cc3n1CCC2. The van der Waals surface area contributed by atoms with Crippen LogP contribution < -0.4 is 0 Å². The summed E-state index contributed by atoms with van der Waals surface area (Å²) in [6.07, 6.45) is 8.89. The van der Waals surface area contributed by atoms with Crippen LogP contribution in [-0.4, -0.2) is 87.6 Å². The molecular weight excluding hydrogens is 574 g/mol. The molecule has 1 amide bonds. The predicted octanol–water partition coefficient (Wildman–Crippen LogP) is 7.03. The number of likely N-dealkylation sites (tertiary alicyclic amines) is 1. The van der Waals surface area contributed by atoms with Crippen molar-refractivity contribution in [3.63, 3.8) is 0 Å². The molecule has 7 rings (SSSR count). The third-order valence-corrected chi connectivity index (χ3v) is 11.2. The molecule has 1 saturated carbocycles. The van der Waals surface area contributed by atoms with Crippen molar-refractivity contribution in [2.75, 3.05) is 40.8 Å². The van der Waals surface area contributed by atoms with Crippen LogP contribution in [0.15, 0.2) is 36.4 Å². The van der Waals surface area contributed by atoms with Gasteiger partial charge in [0.05, 0.1) is 16.8 Å². The Bertz CT molecular complexity index is 1790. The lowest BCUT2D eigenvalue weighted by molar-refractivity contribution is 0.0649. The lowest BCUT2D eigenvalue weighted by Crippen LogP contribution is -2.45. The normalized spacial score (nSPS) is 18.0. The van der Waals surface area contributed by atoms with E-state index in [0.29, 0.717) is 17.5 Å². The van der Waals surface area contributed by atoms with Gasteiger partial charge in [-0.05, 0) is 83.4 Å². The first kappa shape index (κ1) is 31.0. The highest BCUT2D eigenvalue weighted by atomic mass is 16.4. The zero-order valence-corrected chi connectivity index (χ0v) is 28.0. The summed E-state index contributed by atoms with van der Waals surface area (Å²) in [5.41, 5.74) is 8.31. The van der Waals surface area contributed by atoms with E-state index in [2.05, 4.69) is 76.2 Å². The van der Waals surface area contributed by atoms with Crippen LogP contribution in [0.3, 0.4) is 0 Å². The Morgan fingerprint density at radius 2 is 1.61 bits per heavy atom. The van der Waals surface area contributed by atoms with Gasteiger partial charge in [0.15, 0.2) is 0 Å². The van der Waals surface area contributed by atoms with Gasteiger partial charge in [-0.3, -0.25) is 4.79 Å². The van der Waals surface area contributed by atoms with Crippen LogP contribution in [-0.2, 0) is 19.6 Å². The second-order valence-electron chi connectivity index (χ2n) is 14.1. The molecule has 4 aromatic rings. The molecule has 0 spiro atoms. The van der Waals surface area contributed by atoms with E-state index < -0.39 is 5.97 Å². The van der Waals surface area contributed by atoms with Gasteiger partial charge in [-0.15, -0.1) is 0 Å². The van der Waals surface area contributed by atoms with Crippen LogP contribution in [0.1, 0.15) is 96.2 Å². The van der Waals surface area contributed by atoms with Gasteiger partial charge in [-0.25, -0.2) is 4.79 Å². The van der Waals surface area contributed by atoms with E-state index in [4.69, 9.17) is 0 Å². The zero-order chi connectivity index (χ0) is 32.1. The van der Waals surface area contributed by atoms with Crippen LogP contribution in [0, 0.1) is 0 Å². The summed E-state index contributed by atoms with van der Waals surface area (Å²) < 4.78 is 4.79. The van der Waals surface area contributed by atoms with E-state index in [-0.39, 0.29) is 5.91 Å². The first-order chi connectivity index (χ1) is 22.3. The number of amides is 1. The third kappa shape index (κ3) is 5.23. The highest BCUT2D eigenvalue weighted by molar-refractivity contribution is 6.08. The number of rotatable bonds is 7. The maximum absolute atomic E-state index is 14.7. The highest BCUT2D eigenvalue weighted by Gasteiger charge is 2.34. The molecule has 46 heavy (non-hydrogen) atoms. The van der Waals surface area contributed by atoms with Gasteiger partial charge in [0.2, 0.25) is 0 Å². The van der Waals surface area contributed by atoms with E-state index in [0.717, 1.165) is 93.7 Å². The number of hydrogen-bond acceptors (Lipinski definition) is 4. The summed E-state index contributed by atoms with van der Waals surface area (Å²) in [5.74, 6) is -0.286. The maximum Gasteiger partial charge on any atom is 0.335 e. The number of carbonyl (C=O) groups is 2. The van der Waals surface area contributed by atoms with Crippen molar-refractivity contribution < 1.29 is 14.7 Å². The van der Waals surface area contributed by atoms with E-state index >= 15 is 0 Å². The number of aromatic carboxylic acids is 1. The van der Waals surface area contributed by atoms with Crippen LogP contribution >= 0.6 is 0 Å². The van der Waals surface area contributed by atoms with Crippen LogP contribution in [0.2, 0.25) is 0 Å². The monoisotopic (exact) mass is 623 g/mol.